The van der Waals surface area contributed by atoms with E-state index in [2.05, 4.69) is 5.32 Å². The number of hydrogen-bond acceptors (Lipinski definition) is 7. The number of fused-ring (bicyclic) bond motifs is 1. The number of ether oxygens (including phenoxy) is 5. The van der Waals surface area contributed by atoms with Crippen molar-refractivity contribution < 1.29 is 33.6 Å². The SMILES string of the molecule is CC(=O)NC1C(OCCOc2ccc(Cl)cc2Cl)OC2COC(C)(C)OC2C1O. The van der Waals surface area contributed by atoms with Gasteiger partial charge in [-0.1, -0.05) is 23.2 Å². The Morgan fingerprint density at radius 3 is 2.79 bits per heavy atom. The van der Waals surface area contributed by atoms with Crippen molar-refractivity contribution in [2.75, 3.05) is 19.8 Å². The molecule has 3 rings (SSSR count). The van der Waals surface area contributed by atoms with E-state index in [9.17, 15) is 9.90 Å². The van der Waals surface area contributed by atoms with Crippen LogP contribution in [0, 0.1) is 0 Å². The normalized spacial score (nSPS) is 31.0. The summed E-state index contributed by atoms with van der Waals surface area (Å²) in [7, 11) is 0. The number of carbonyl (C=O) groups excluding carboxylic acids is 1. The molecule has 0 aromatic heterocycles. The van der Waals surface area contributed by atoms with Crippen molar-refractivity contribution in [3.63, 3.8) is 0 Å². The fourth-order valence-electron chi connectivity index (χ4n) is 3.28. The number of aliphatic hydroxyl groups excluding tert-OH is 1. The zero-order valence-electron chi connectivity index (χ0n) is 16.4. The second-order valence-electron chi connectivity index (χ2n) is 7.35. The molecule has 0 saturated carbocycles. The molecule has 5 atom stereocenters. The van der Waals surface area contributed by atoms with Crippen LogP contribution in [0.2, 0.25) is 10.0 Å². The van der Waals surface area contributed by atoms with Gasteiger partial charge in [-0.05, 0) is 32.0 Å². The Hall–Kier alpha value is -1.13. The molecule has 162 valence electrons. The van der Waals surface area contributed by atoms with Gasteiger partial charge in [-0.15, -0.1) is 0 Å². The summed E-state index contributed by atoms with van der Waals surface area (Å²) in [5, 5.41) is 14.4. The van der Waals surface area contributed by atoms with Crippen LogP contribution >= 0.6 is 23.2 Å². The molecule has 2 fully saturated rings. The van der Waals surface area contributed by atoms with Crippen molar-refractivity contribution in [2.24, 2.45) is 0 Å². The lowest BCUT2D eigenvalue weighted by atomic mass is 9.95. The average molecular weight is 450 g/mol. The molecule has 2 saturated heterocycles. The molecular formula is C19H25Cl2NO7. The van der Waals surface area contributed by atoms with E-state index in [1.165, 1.54) is 6.92 Å². The van der Waals surface area contributed by atoms with Gasteiger partial charge in [0.05, 0.1) is 18.2 Å². The molecule has 1 amide bonds. The van der Waals surface area contributed by atoms with Gasteiger partial charge in [-0.25, -0.2) is 0 Å². The predicted octanol–water partition coefficient (Wildman–Crippen LogP) is 2.13. The molecule has 2 heterocycles. The van der Waals surface area contributed by atoms with E-state index in [1.807, 2.05) is 0 Å². The number of nitrogens with one attached hydrogen (secondary N) is 1. The monoisotopic (exact) mass is 449 g/mol. The Balaban J connectivity index is 1.59. The highest BCUT2D eigenvalue weighted by atomic mass is 35.5. The van der Waals surface area contributed by atoms with Crippen LogP contribution in [0.1, 0.15) is 20.8 Å². The summed E-state index contributed by atoms with van der Waals surface area (Å²) in [6, 6.07) is 4.11. The first-order valence-corrected chi connectivity index (χ1v) is 10.0. The molecule has 5 unspecified atom stereocenters. The van der Waals surface area contributed by atoms with E-state index in [0.717, 1.165) is 0 Å². The molecule has 2 N–H and O–H groups in total. The number of aliphatic hydroxyl groups is 1. The van der Waals surface area contributed by atoms with Crippen molar-refractivity contribution in [1.29, 1.82) is 0 Å². The minimum absolute atomic E-state index is 0.136. The topological polar surface area (TPSA) is 95.5 Å². The van der Waals surface area contributed by atoms with Gasteiger partial charge in [0.2, 0.25) is 5.91 Å². The maximum Gasteiger partial charge on any atom is 0.217 e. The predicted molar refractivity (Wildman–Crippen MR) is 105 cm³/mol. The first-order valence-electron chi connectivity index (χ1n) is 9.28. The van der Waals surface area contributed by atoms with Gasteiger partial charge >= 0.3 is 0 Å². The summed E-state index contributed by atoms with van der Waals surface area (Å²) in [5.41, 5.74) is 0. The van der Waals surface area contributed by atoms with E-state index in [1.54, 1.807) is 32.0 Å². The summed E-state index contributed by atoms with van der Waals surface area (Å²) >= 11 is 11.9. The minimum Gasteiger partial charge on any atom is -0.490 e. The van der Waals surface area contributed by atoms with Crippen molar-refractivity contribution in [3.05, 3.63) is 28.2 Å². The summed E-state index contributed by atoms with van der Waals surface area (Å²) in [5.74, 6) is -0.703. The van der Waals surface area contributed by atoms with E-state index in [0.29, 0.717) is 15.8 Å². The summed E-state index contributed by atoms with van der Waals surface area (Å²) in [6.45, 7) is 5.42. The van der Waals surface area contributed by atoms with Crippen LogP contribution in [0.4, 0.5) is 0 Å². The second kappa shape index (κ2) is 9.34. The van der Waals surface area contributed by atoms with Crippen molar-refractivity contribution in [1.82, 2.24) is 5.32 Å². The molecule has 10 heteroatoms. The van der Waals surface area contributed by atoms with Crippen LogP contribution in [-0.2, 0) is 23.7 Å². The third-order valence-corrected chi connectivity index (χ3v) is 5.11. The summed E-state index contributed by atoms with van der Waals surface area (Å²) in [6.07, 6.45) is -3.11. The zero-order chi connectivity index (χ0) is 21.2. The molecule has 29 heavy (non-hydrogen) atoms. The van der Waals surface area contributed by atoms with Gasteiger partial charge in [-0.2, -0.15) is 0 Å². The van der Waals surface area contributed by atoms with Gasteiger partial charge in [0.1, 0.15) is 36.7 Å². The third-order valence-electron chi connectivity index (χ3n) is 4.58. The molecular weight excluding hydrogens is 425 g/mol. The Labute approximate surface area is 179 Å². The molecule has 0 aliphatic carbocycles. The van der Waals surface area contributed by atoms with Crippen LogP contribution in [0.5, 0.6) is 5.75 Å². The fraction of sp³-hybridized carbons (Fsp3) is 0.632. The molecule has 0 bridgehead atoms. The number of hydrogen-bond donors (Lipinski definition) is 2. The van der Waals surface area contributed by atoms with Crippen LogP contribution in [-0.4, -0.2) is 67.3 Å². The molecule has 0 radical (unpaired) electrons. The van der Waals surface area contributed by atoms with Gasteiger partial charge in [0, 0.05) is 11.9 Å². The van der Waals surface area contributed by atoms with Crippen molar-refractivity contribution >= 4 is 29.1 Å². The van der Waals surface area contributed by atoms with Crippen LogP contribution in [0.25, 0.3) is 0 Å². The maximum atomic E-state index is 11.6. The average Bonchev–Trinajstić information content (AvgIpc) is 2.63. The van der Waals surface area contributed by atoms with Gasteiger partial charge in [0.25, 0.3) is 0 Å². The third kappa shape index (κ3) is 5.73. The van der Waals surface area contributed by atoms with Crippen molar-refractivity contribution in [3.8, 4) is 5.75 Å². The first kappa shape index (κ1) is 22.6. The van der Waals surface area contributed by atoms with Gasteiger partial charge in [0.15, 0.2) is 12.1 Å². The number of carbonyl (C=O) groups is 1. The summed E-state index contributed by atoms with van der Waals surface area (Å²) in [4.78, 5) is 11.6. The Morgan fingerprint density at radius 2 is 2.10 bits per heavy atom. The minimum atomic E-state index is -1.03. The molecule has 2 aliphatic rings. The maximum absolute atomic E-state index is 11.6. The van der Waals surface area contributed by atoms with E-state index >= 15 is 0 Å². The Morgan fingerprint density at radius 1 is 1.34 bits per heavy atom. The lowest BCUT2D eigenvalue weighted by molar-refractivity contribution is -0.369. The zero-order valence-corrected chi connectivity index (χ0v) is 17.9. The van der Waals surface area contributed by atoms with Gasteiger partial charge < -0.3 is 34.1 Å². The van der Waals surface area contributed by atoms with Gasteiger partial charge in [-0.3, -0.25) is 4.79 Å². The van der Waals surface area contributed by atoms with E-state index < -0.39 is 36.4 Å². The fourth-order valence-corrected chi connectivity index (χ4v) is 3.75. The van der Waals surface area contributed by atoms with Crippen LogP contribution in [0.15, 0.2) is 18.2 Å². The van der Waals surface area contributed by atoms with Crippen LogP contribution in [0.3, 0.4) is 0 Å². The molecule has 1 aromatic carbocycles. The highest BCUT2D eigenvalue weighted by molar-refractivity contribution is 6.35. The van der Waals surface area contributed by atoms with E-state index in [-0.39, 0.29) is 25.7 Å². The molecule has 2 aliphatic heterocycles. The number of halogens is 2. The first-order chi connectivity index (χ1) is 13.7. The Bertz CT molecular complexity index is 733. The molecule has 0 spiro atoms. The standard InChI is InChI=1S/C19H25Cl2NO7/c1-10(23)22-15-16(24)17-14(9-27-19(2,3)29-17)28-18(15)26-7-6-25-13-5-4-11(20)8-12(13)21/h4-5,8,14-18,24H,6-7,9H2,1-3H3,(H,22,23). The second-order valence-corrected chi connectivity index (χ2v) is 8.19. The highest BCUT2D eigenvalue weighted by Gasteiger charge is 2.51. The summed E-state index contributed by atoms with van der Waals surface area (Å²) < 4.78 is 28.7. The molecule has 8 nitrogen and oxygen atoms in total. The smallest absolute Gasteiger partial charge is 0.217 e. The highest BCUT2D eigenvalue weighted by Crippen LogP contribution is 2.33. The number of rotatable bonds is 6. The van der Waals surface area contributed by atoms with E-state index in [4.69, 9.17) is 46.9 Å². The van der Waals surface area contributed by atoms with Crippen molar-refractivity contribution in [2.45, 2.75) is 57.2 Å². The lowest BCUT2D eigenvalue weighted by Crippen LogP contribution is -2.68. The largest absolute Gasteiger partial charge is 0.490 e. The molecule has 1 aromatic rings. The van der Waals surface area contributed by atoms with Crippen LogP contribution < -0.4 is 10.1 Å². The lowest BCUT2D eigenvalue weighted by Gasteiger charge is -2.49. The quantitative estimate of drug-likeness (QED) is 0.642. The Kier molecular flexibility index (Phi) is 7.27. The number of benzene rings is 1. The number of amides is 1.